The Balaban J connectivity index is 3.61. The summed E-state index contributed by atoms with van der Waals surface area (Å²) in [6.45, 7) is 0. The Morgan fingerprint density at radius 2 is 2.00 bits per heavy atom. The first-order valence-corrected chi connectivity index (χ1v) is 6.06. The van der Waals surface area contributed by atoms with Gasteiger partial charge in [-0.05, 0) is 12.8 Å². The third-order valence-electron chi connectivity index (χ3n) is 1.89. The molecule has 0 aromatic heterocycles. The van der Waals surface area contributed by atoms with Crippen LogP contribution in [-0.2, 0) is 0 Å². The number of unbranched alkanes of at least 4 members (excludes halogenated alkanes) is 2. The fraction of sp³-hybridized carbons (Fsp3) is 0.727. The number of alkyl halides is 3. The number of hydrogen-bond acceptors (Lipinski definition) is 2. The van der Waals surface area contributed by atoms with Crippen molar-refractivity contribution in [2.45, 2.75) is 43.5 Å². The van der Waals surface area contributed by atoms with E-state index in [1.807, 2.05) is 6.07 Å². The largest absolute Gasteiger partial charge is 0.389 e. The Labute approximate surface area is 98.4 Å². The zero-order chi connectivity index (χ0) is 12.4. The molecule has 0 fully saturated rings. The average molecular weight is 249 g/mol. The minimum Gasteiger partial charge on any atom is -0.197 e. The lowest BCUT2D eigenvalue weighted by atomic mass is 10.1. The molecule has 0 aliphatic heterocycles. The molecule has 90 valence electrons. The first-order valence-electron chi connectivity index (χ1n) is 5.01. The molecular formula is C11H14F3NS. The van der Waals surface area contributed by atoms with Gasteiger partial charge in [0.25, 0.3) is 0 Å². The highest BCUT2D eigenvalue weighted by atomic mass is 32.2. The Bertz CT molecular complexity index is 262. The predicted molar refractivity (Wildman–Crippen MR) is 59.8 cm³/mol. The molecule has 0 saturated carbocycles. The van der Waals surface area contributed by atoms with E-state index in [9.17, 15) is 13.2 Å². The quantitative estimate of drug-likeness (QED) is 0.506. The van der Waals surface area contributed by atoms with Crippen LogP contribution in [0.1, 0.15) is 32.1 Å². The van der Waals surface area contributed by atoms with E-state index in [1.54, 1.807) is 0 Å². The summed E-state index contributed by atoms with van der Waals surface area (Å²) >= 11 is 1.07. The molecule has 0 heterocycles. The third-order valence-corrected chi connectivity index (χ3v) is 3.07. The highest BCUT2D eigenvalue weighted by Gasteiger charge is 2.26. The van der Waals surface area contributed by atoms with E-state index in [1.165, 1.54) is 0 Å². The number of halogens is 3. The summed E-state index contributed by atoms with van der Waals surface area (Å²) in [5.74, 6) is 2.44. The Kier molecular flexibility index (Phi) is 7.93. The van der Waals surface area contributed by atoms with Crippen molar-refractivity contribution in [2.24, 2.45) is 0 Å². The van der Waals surface area contributed by atoms with Gasteiger partial charge in [-0.1, -0.05) is 6.42 Å². The predicted octanol–water partition coefficient (Wildman–Crippen LogP) is 3.76. The van der Waals surface area contributed by atoms with Gasteiger partial charge in [0.05, 0.1) is 17.7 Å². The number of terminal acetylenes is 1. The van der Waals surface area contributed by atoms with Gasteiger partial charge in [-0.25, -0.2) is 0 Å². The zero-order valence-electron chi connectivity index (χ0n) is 8.89. The van der Waals surface area contributed by atoms with Crippen molar-refractivity contribution >= 4 is 11.8 Å². The standard InChI is InChI=1S/C11H14F3NS/c1-2-3-4-5-6-10(9-15)16-8-7-11(12,13)14/h1,10H,3-8H2. The maximum Gasteiger partial charge on any atom is 0.389 e. The number of rotatable bonds is 7. The Morgan fingerprint density at radius 1 is 1.31 bits per heavy atom. The van der Waals surface area contributed by atoms with E-state index >= 15 is 0 Å². The molecule has 0 spiro atoms. The lowest BCUT2D eigenvalue weighted by Crippen LogP contribution is -2.10. The van der Waals surface area contributed by atoms with Gasteiger partial charge in [0.1, 0.15) is 0 Å². The Hall–Kier alpha value is -0.810. The second-order valence-corrected chi connectivity index (χ2v) is 4.61. The zero-order valence-corrected chi connectivity index (χ0v) is 9.70. The van der Waals surface area contributed by atoms with E-state index < -0.39 is 12.6 Å². The molecule has 0 aromatic carbocycles. The summed E-state index contributed by atoms with van der Waals surface area (Å²) in [4.78, 5) is 0. The maximum absolute atomic E-state index is 11.8. The van der Waals surface area contributed by atoms with Crippen LogP contribution in [0, 0.1) is 23.7 Å². The van der Waals surface area contributed by atoms with Crippen LogP contribution >= 0.6 is 11.8 Å². The van der Waals surface area contributed by atoms with Crippen LogP contribution < -0.4 is 0 Å². The summed E-state index contributed by atoms with van der Waals surface area (Å²) in [6.07, 6.45) is 2.99. The van der Waals surface area contributed by atoms with Crippen LogP contribution in [0.3, 0.4) is 0 Å². The summed E-state index contributed by atoms with van der Waals surface area (Å²) in [6, 6.07) is 2.01. The van der Waals surface area contributed by atoms with Crippen LogP contribution in [-0.4, -0.2) is 17.2 Å². The molecule has 0 bridgehead atoms. The molecule has 0 radical (unpaired) electrons. The molecule has 0 amide bonds. The van der Waals surface area contributed by atoms with Crippen LogP contribution in [0.4, 0.5) is 13.2 Å². The molecule has 0 aliphatic rings. The Morgan fingerprint density at radius 3 is 2.50 bits per heavy atom. The van der Waals surface area contributed by atoms with Gasteiger partial charge in [0.2, 0.25) is 0 Å². The lowest BCUT2D eigenvalue weighted by Gasteiger charge is -2.09. The first-order chi connectivity index (χ1) is 7.49. The van der Waals surface area contributed by atoms with E-state index in [4.69, 9.17) is 11.7 Å². The molecule has 0 N–H and O–H groups in total. The molecule has 16 heavy (non-hydrogen) atoms. The fourth-order valence-corrected chi connectivity index (χ4v) is 2.10. The minimum absolute atomic E-state index is 0.0448. The topological polar surface area (TPSA) is 23.8 Å². The number of thioether (sulfide) groups is 1. The van der Waals surface area contributed by atoms with Crippen molar-refractivity contribution in [3.05, 3.63) is 0 Å². The van der Waals surface area contributed by atoms with Gasteiger partial charge in [0.15, 0.2) is 0 Å². The molecule has 0 saturated heterocycles. The highest BCUT2D eigenvalue weighted by Crippen LogP contribution is 2.25. The summed E-state index contributed by atoms with van der Waals surface area (Å²) in [5.41, 5.74) is 0. The van der Waals surface area contributed by atoms with Crippen molar-refractivity contribution in [1.29, 1.82) is 5.26 Å². The van der Waals surface area contributed by atoms with Gasteiger partial charge in [-0.15, -0.1) is 24.1 Å². The molecule has 1 nitrogen and oxygen atoms in total. The third kappa shape index (κ3) is 9.73. The molecule has 1 atom stereocenters. The van der Waals surface area contributed by atoms with Crippen LogP contribution in [0.25, 0.3) is 0 Å². The molecule has 5 heteroatoms. The monoisotopic (exact) mass is 249 g/mol. The van der Waals surface area contributed by atoms with Crippen LogP contribution in [0.5, 0.6) is 0 Å². The van der Waals surface area contributed by atoms with Gasteiger partial charge < -0.3 is 0 Å². The van der Waals surface area contributed by atoms with Crippen molar-refractivity contribution in [2.75, 3.05) is 5.75 Å². The molecular weight excluding hydrogens is 235 g/mol. The SMILES string of the molecule is C#CCCCCC(C#N)SCCC(F)(F)F. The van der Waals surface area contributed by atoms with Crippen molar-refractivity contribution in [3.8, 4) is 18.4 Å². The minimum atomic E-state index is -4.13. The number of nitriles is 1. The van der Waals surface area contributed by atoms with Crippen molar-refractivity contribution in [1.82, 2.24) is 0 Å². The summed E-state index contributed by atoms with van der Waals surface area (Å²) in [7, 11) is 0. The smallest absolute Gasteiger partial charge is 0.197 e. The lowest BCUT2D eigenvalue weighted by molar-refractivity contribution is -0.129. The van der Waals surface area contributed by atoms with E-state index in [0.29, 0.717) is 12.8 Å². The van der Waals surface area contributed by atoms with Gasteiger partial charge in [0, 0.05) is 12.2 Å². The highest BCUT2D eigenvalue weighted by molar-refractivity contribution is 8.00. The second-order valence-electron chi connectivity index (χ2n) is 3.30. The first kappa shape index (κ1) is 15.2. The second kappa shape index (κ2) is 8.35. The maximum atomic E-state index is 11.8. The van der Waals surface area contributed by atoms with Gasteiger partial charge in [-0.3, -0.25) is 0 Å². The van der Waals surface area contributed by atoms with Crippen LogP contribution in [0.15, 0.2) is 0 Å². The summed E-state index contributed by atoms with van der Waals surface area (Å²) < 4.78 is 35.5. The molecule has 0 aliphatic carbocycles. The average Bonchev–Trinajstić information content (AvgIpc) is 2.20. The molecule has 0 aromatic rings. The molecule has 1 unspecified atom stereocenters. The molecule has 0 rings (SSSR count). The summed E-state index contributed by atoms with van der Waals surface area (Å²) in [5, 5.41) is 8.37. The van der Waals surface area contributed by atoms with Gasteiger partial charge >= 0.3 is 6.18 Å². The van der Waals surface area contributed by atoms with E-state index in [0.717, 1.165) is 24.6 Å². The van der Waals surface area contributed by atoms with E-state index in [-0.39, 0.29) is 11.0 Å². The number of hydrogen-bond donors (Lipinski definition) is 0. The van der Waals surface area contributed by atoms with E-state index in [2.05, 4.69) is 5.92 Å². The normalized spacial score (nSPS) is 12.8. The van der Waals surface area contributed by atoms with Crippen molar-refractivity contribution in [3.63, 3.8) is 0 Å². The van der Waals surface area contributed by atoms with Crippen LogP contribution in [0.2, 0.25) is 0 Å². The fourth-order valence-electron chi connectivity index (χ4n) is 1.06. The van der Waals surface area contributed by atoms with Crippen molar-refractivity contribution < 1.29 is 13.2 Å². The number of nitrogens with zero attached hydrogens (tertiary/aromatic N) is 1. The van der Waals surface area contributed by atoms with Gasteiger partial charge in [-0.2, -0.15) is 18.4 Å².